The van der Waals surface area contributed by atoms with Crippen LogP contribution in [-0.2, 0) is 8.85 Å². The third-order valence-electron chi connectivity index (χ3n) is 6.29. The molecule has 0 saturated heterocycles. The van der Waals surface area contributed by atoms with Gasteiger partial charge in [-0.25, -0.2) is 0 Å². The van der Waals surface area contributed by atoms with Gasteiger partial charge in [-0.1, -0.05) is 64.1 Å². The molecule has 0 spiro atoms. The Balaban J connectivity index is 5.21. The summed E-state index contributed by atoms with van der Waals surface area (Å²) in [6.45, 7) is 19.2. The lowest BCUT2D eigenvalue weighted by molar-refractivity contribution is 0.0833. The third-order valence-corrected chi connectivity index (χ3v) is 16.7. The van der Waals surface area contributed by atoms with Crippen LogP contribution in [0.3, 0.4) is 0 Å². The Morgan fingerprint density at radius 2 is 1.29 bits per heavy atom. The Bertz CT molecular complexity index is 363. The summed E-state index contributed by atoms with van der Waals surface area (Å²) in [5.41, 5.74) is 1.17. The number of rotatable bonds is 13. The van der Waals surface area contributed by atoms with E-state index >= 15 is 0 Å². The Hall–Kier alpha value is 0.824. The van der Waals surface area contributed by atoms with Crippen molar-refractivity contribution in [3.8, 4) is 0 Å². The molecule has 0 aliphatic rings. The topological polar surface area (TPSA) is 18.5 Å². The van der Waals surface area contributed by atoms with E-state index in [1.807, 2.05) is 0 Å². The summed E-state index contributed by atoms with van der Waals surface area (Å²) in [5.74, 6) is 0. The van der Waals surface area contributed by atoms with E-state index in [-0.39, 0.29) is 5.60 Å². The van der Waals surface area contributed by atoms with E-state index in [4.69, 9.17) is 8.85 Å². The molecule has 0 bridgehead atoms. The number of hydrogen-bond acceptors (Lipinski definition) is 2. The van der Waals surface area contributed by atoms with Gasteiger partial charge in [0.2, 0.25) is 0 Å². The fourth-order valence-electron chi connectivity index (χ4n) is 3.41. The lowest BCUT2D eigenvalue weighted by Gasteiger charge is -2.42. The molecule has 0 unspecified atom stereocenters. The van der Waals surface area contributed by atoms with Crippen LogP contribution < -0.4 is 0 Å². The molecule has 24 heavy (non-hydrogen) atoms. The molecule has 0 aromatic rings. The Morgan fingerprint density at radius 3 is 1.62 bits per heavy atom. The lowest BCUT2D eigenvalue weighted by atomic mass is 9.95. The molecule has 0 N–H and O–H groups in total. The molecule has 5 heteroatoms. The lowest BCUT2D eigenvalue weighted by Crippen LogP contribution is -2.47. The normalized spacial score (nSPS) is 16.3. The zero-order chi connectivity index (χ0) is 18.9. The molecule has 0 aliphatic heterocycles. The van der Waals surface area contributed by atoms with Crippen LogP contribution in [0.4, 0.5) is 0 Å². The maximum atomic E-state index is 6.94. The molecule has 2 nitrogen and oxygen atoms in total. The quantitative estimate of drug-likeness (QED) is 0.199. The molecule has 0 rings (SSSR count). The monoisotopic (exact) mass is 484 g/mol. The zero-order valence-corrected chi connectivity index (χ0v) is 21.6. The van der Waals surface area contributed by atoms with Gasteiger partial charge in [0.1, 0.15) is 0 Å². The predicted octanol–water partition coefficient (Wildman–Crippen LogP) is 7.52. The van der Waals surface area contributed by atoms with Gasteiger partial charge in [0, 0.05) is 13.0 Å². The van der Waals surface area contributed by atoms with Crippen LogP contribution in [0.25, 0.3) is 0 Å². The van der Waals surface area contributed by atoms with Crippen LogP contribution in [0.15, 0.2) is 9.66 Å². The fourth-order valence-corrected chi connectivity index (χ4v) is 9.86. The minimum atomic E-state index is -1.64. The minimum Gasteiger partial charge on any atom is -0.417 e. The second-order valence-electron chi connectivity index (χ2n) is 7.21. The van der Waals surface area contributed by atoms with E-state index in [2.05, 4.69) is 82.1 Å². The van der Waals surface area contributed by atoms with Gasteiger partial charge in [0.15, 0.2) is 16.6 Å². The van der Waals surface area contributed by atoms with Crippen molar-refractivity contribution in [1.82, 2.24) is 0 Å². The predicted molar refractivity (Wildman–Crippen MR) is 122 cm³/mol. The second-order valence-corrected chi connectivity index (χ2v) is 17.3. The van der Waals surface area contributed by atoms with E-state index in [0.29, 0.717) is 0 Å². The molecule has 0 heterocycles. The van der Waals surface area contributed by atoms with Crippen molar-refractivity contribution in [2.75, 3.05) is 6.61 Å². The fraction of sp³-hybridized carbons (Fsp3) is 0.895. The van der Waals surface area contributed by atoms with Crippen molar-refractivity contribution in [1.29, 1.82) is 0 Å². The van der Waals surface area contributed by atoms with E-state index < -0.39 is 16.6 Å². The molecular formula is C19H41IO2Si2. The third kappa shape index (κ3) is 6.52. The highest BCUT2D eigenvalue weighted by Gasteiger charge is 2.39. The van der Waals surface area contributed by atoms with Gasteiger partial charge in [-0.15, -0.1) is 0 Å². The molecule has 0 aromatic heterocycles. The van der Waals surface area contributed by atoms with Crippen molar-refractivity contribution in [3.63, 3.8) is 0 Å². The van der Waals surface area contributed by atoms with Crippen LogP contribution in [0, 0.1) is 0 Å². The average Bonchev–Trinajstić information content (AvgIpc) is 2.63. The van der Waals surface area contributed by atoms with Gasteiger partial charge in [0.05, 0.1) is 5.60 Å². The largest absolute Gasteiger partial charge is 0.417 e. The summed E-state index contributed by atoms with van der Waals surface area (Å²) < 4.78 is 15.7. The number of halogens is 1. The summed E-state index contributed by atoms with van der Waals surface area (Å²) in [5, 5.41) is 0. The van der Waals surface area contributed by atoms with Gasteiger partial charge in [0.25, 0.3) is 0 Å². The molecule has 0 aliphatic carbocycles. The van der Waals surface area contributed by atoms with Crippen LogP contribution in [0.1, 0.15) is 61.8 Å². The maximum absolute atomic E-state index is 6.94. The molecule has 0 radical (unpaired) electrons. The van der Waals surface area contributed by atoms with Crippen molar-refractivity contribution >= 4 is 39.2 Å². The Morgan fingerprint density at radius 1 is 0.875 bits per heavy atom. The molecule has 0 aromatic carbocycles. The van der Waals surface area contributed by atoms with Crippen molar-refractivity contribution in [2.45, 2.75) is 104 Å². The van der Waals surface area contributed by atoms with Gasteiger partial charge in [-0.05, 0) is 59.8 Å². The van der Waals surface area contributed by atoms with Crippen LogP contribution in [0.5, 0.6) is 0 Å². The van der Waals surface area contributed by atoms with E-state index in [9.17, 15) is 0 Å². The molecule has 1 atom stereocenters. The summed E-state index contributed by atoms with van der Waals surface area (Å²) in [4.78, 5) is 0. The van der Waals surface area contributed by atoms with Crippen LogP contribution >= 0.6 is 22.6 Å². The smallest absolute Gasteiger partial charge is 0.193 e. The van der Waals surface area contributed by atoms with E-state index in [1.165, 1.54) is 41.8 Å². The summed E-state index contributed by atoms with van der Waals surface area (Å²) in [6, 6.07) is 7.25. The molecule has 144 valence electrons. The molecule has 0 amide bonds. The Labute approximate surface area is 167 Å². The van der Waals surface area contributed by atoms with Gasteiger partial charge >= 0.3 is 0 Å². The SMILES string of the molecule is CC[Si](CC)(CC)OCC[C@@](C)(O[Si](CC)(CC)CC)/C(C)=C/I. The first-order valence-corrected chi connectivity index (χ1v) is 16.2. The minimum absolute atomic E-state index is 0.176. The van der Waals surface area contributed by atoms with Gasteiger partial charge in [-0.3, -0.25) is 0 Å². The average molecular weight is 485 g/mol. The Kier molecular flexibility index (Phi) is 11.9. The molecular weight excluding hydrogens is 443 g/mol. The van der Waals surface area contributed by atoms with E-state index in [0.717, 1.165) is 13.0 Å². The molecule has 0 fully saturated rings. The highest BCUT2D eigenvalue weighted by molar-refractivity contribution is 14.1. The molecule has 0 saturated carbocycles. The summed E-state index contributed by atoms with van der Waals surface area (Å²) in [6.07, 6.45) is 0.974. The van der Waals surface area contributed by atoms with Gasteiger partial charge in [-0.2, -0.15) is 0 Å². The zero-order valence-electron chi connectivity index (χ0n) is 17.4. The highest BCUT2D eigenvalue weighted by atomic mass is 127. The van der Waals surface area contributed by atoms with Crippen molar-refractivity contribution < 1.29 is 8.85 Å². The van der Waals surface area contributed by atoms with Crippen LogP contribution in [0.2, 0.25) is 36.3 Å². The highest BCUT2D eigenvalue weighted by Crippen LogP contribution is 2.35. The van der Waals surface area contributed by atoms with Crippen LogP contribution in [-0.4, -0.2) is 28.8 Å². The number of hydrogen-bond donors (Lipinski definition) is 0. The van der Waals surface area contributed by atoms with Crippen molar-refractivity contribution in [3.05, 3.63) is 9.66 Å². The first-order valence-electron chi connectivity index (χ1n) is 9.88. The van der Waals surface area contributed by atoms with Gasteiger partial charge < -0.3 is 8.85 Å². The second kappa shape index (κ2) is 11.5. The summed E-state index contributed by atoms with van der Waals surface area (Å²) >= 11 is 2.36. The van der Waals surface area contributed by atoms with Crippen molar-refractivity contribution in [2.24, 2.45) is 0 Å². The van der Waals surface area contributed by atoms with E-state index in [1.54, 1.807) is 0 Å². The first kappa shape index (κ1) is 24.8. The summed E-state index contributed by atoms with van der Waals surface area (Å²) in [7, 11) is -3.15. The standard InChI is InChI=1S/C19H41IO2Si2/c1-9-23(10-2,11-3)21-16-15-19(8,18(7)17-20)22-24(12-4,13-5)14-6/h17H,9-16H2,1-8H3/b18-17+/t19-/m1/s1. The maximum Gasteiger partial charge on any atom is 0.193 e. The first-order chi connectivity index (χ1) is 11.3.